The maximum atomic E-state index is 13.7. The van der Waals surface area contributed by atoms with E-state index in [4.69, 9.17) is 4.74 Å². The number of pyridine rings is 1. The SMILES string of the molecule is COc1cccc(/C(=C\C(C)C)c2cc3cccnc3n2S(=O)(=O)c2ccccc2)c1. The van der Waals surface area contributed by atoms with Crippen LogP contribution in [0.1, 0.15) is 25.1 Å². The first-order valence-corrected chi connectivity index (χ1v) is 11.5. The van der Waals surface area contributed by atoms with E-state index in [1.165, 1.54) is 3.97 Å². The van der Waals surface area contributed by atoms with Gasteiger partial charge in [-0.05, 0) is 53.9 Å². The summed E-state index contributed by atoms with van der Waals surface area (Å²) in [6, 6.07) is 21.7. The number of hydrogen-bond donors (Lipinski definition) is 0. The number of hydrogen-bond acceptors (Lipinski definition) is 4. The zero-order valence-corrected chi connectivity index (χ0v) is 18.5. The quantitative estimate of drug-likeness (QED) is 0.411. The molecule has 0 N–H and O–H groups in total. The Hall–Kier alpha value is -3.38. The summed E-state index contributed by atoms with van der Waals surface area (Å²) in [6.07, 6.45) is 3.68. The summed E-state index contributed by atoms with van der Waals surface area (Å²) in [6.45, 7) is 4.13. The van der Waals surface area contributed by atoms with Crippen molar-refractivity contribution in [3.63, 3.8) is 0 Å². The molecule has 158 valence electrons. The normalized spacial score (nSPS) is 12.5. The average molecular weight is 433 g/mol. The van der Waals surface area contributed by atoms with E-state index in [0.29, 0.717) is 17.1 Å². The Morgan fingerprint density at radius 3 is 2.48 bits per heavy atom. The van der Waals surface area contributed by atoms with Gasteiger partial charge in [0.2, 0.25) is 0 Å². The summed E-state index contributed by atoms with van der Waals surface area (Å²) >= 11 is 0. The summed E-state index contributed by atoms with van der Waals surface area (Å²) in [4.78, 5) is 4.63. The number of nitrogens with zero attached hydrogens (tertiary/aromatic N) is 2. The van der Waals surface area contributed by atoms with Gasteiger partial charge in [0.15, 0.2) is 5.65 Å². The van der Waals surface area contributed by atoms with Crippen molar-refractivity contribution in [3.8, 4) is 5.75 Å². The summed E-state index contributed by atoms with van der Waals surface area (Å²) in [7, 11) is -2.26. The van der Waals surface area contributed by atoms with E-state index in [1.807, 2.05) is 42.5 Å². The first kappa shape index (κ1) is 20.9. The van der Waals surface area contributed by atoms with Crippen molar-refractivity contribution >= 4 is 26.6 Å². The molecular weight excluding hydrogens is 408 g/mol. The molecule has 5 nitrogen and oxygen atoms in total. The van der Waals surface area contributed by atoms with Gasteiger partial charge in [-0.25, -0.2) is 17.4 Å². The molecule has 0 atom stereocenters. The van der Waals surface area contributed by atoms with Gasteiger partial charge in [0.05, 0.1) is 17.7 Å². The molecule has 0 radical (unpaired) electrons. The van der Waals surface area contributed by atoms with Gasteiger partial charge in [0.25, 0.3) is 10.0 Å². The second-order valence-electron chi connectivity index (χ2n) is 7.58. The van der Waals surface area contributed by atoms with Crippen LogP contribution in [-0.4, -0.2) is 24.5 Å². The molecule has 0 aliphatic heterocycles. The van der Waals surface area contributed by atoms with Crippen molar-refractivity contribution in [2.45, 2.75) is 18.7 Å². The van der Waals surface area contributed by atoms with Gasteiger partial charge in [0, 0.05) is 17.2 Å². The Labute approximate surface area is 182 Å². The van der Waals surface area contributed by atoms with Crippen LogP contribution in [-0.2, 0) is 10.0 Å². The molecule has 2 aromatic heterocycles. The molecule has 0 aliphatic rings. The molecule has 4 aromatic rings. The van der Waals surface area contributed by atoms with Crippen LogP contribution in [0, 0.1) is 5.92 Å². The number of fused-ring (bicyclic) bond motifs is 1. The molecule has 0 aliphatic carbocycles. The highest BCUT2D eigenvalue weighted by atomic mass is 32.2. The fraction of sp³-hybridized carbons (Fsp3) is 0.160. The van der Waals surface area contributed by atoms with Crippen LogP contribution in [0.3, 0.4) is 0 Å². The lowest BCUT2D eigenvalue weighted by atomic mass is 9.98. The first-order valence-electron chi connectivity index (χ1n) is 10.1. The predicted octanol–water partition coefficient (Wildman–Crippen LogP) is 5.37. The zero-order valence-electron chi connectivity index (χ0n) is 17.7. The van der Waals surface area contributed by atoms with Gasteiger partial charge in [0.1, 0.15) is 5.75 Å². The molecule has 6 heteroatoms. The van der Waals surface area contributed by atoms with E-state index in [9.17, 15) is 8.42 Å². The lowest BCUT2D eigenvalue weighted by Gasteiger charge is -2.16. The number of aromatic nitrogens is 2. The topological polar surface area (TPSA) is 61.2 Å². The Bertz CT molecular complexity index is 1350. The fourth-order valence-corrected chi connectivity index (χ4v) is 5.10. The highest BCUT2D eigenvalue weighted by Gasteiger charge is 2.26. The first-order chi connectivity index (χ1) is 14.9. The van der Waals surface area contributed by atoms with E-state index >= 15 is 0 Å². The molecule has 0 unspecified atom stereocenters. The van der Waals surface area contributed by atoms with Crippen LogP contribution in [0.5, 0.6) is 5.75 Å². The lowest BCUT2D eigenvalue weighted by Crippen LogP contribution is -2.16. The van der Waals surface area contributed by atoms with Crippen LogP contribution in [0.15, 0.2) is 90.0 Å². The highest BCUT2D eigenvalue weighted by molar-refractivity contribution is 7.90. The molecule has 0 bridgehead atoms. The van der Waals surface area contributed by atoms with Crippen molar-refractivity contribution in [2.24, 2.45) is 5.92 Å². The van der Waals surface area contributed by atoms with Gasteiger partial charge in [-0.1, -0.05) is 50.3 Å². The van der Waals surface area contributed by atoms with Crippen LogP contribution < -0.4 is 4.74 Å². The number of ether oxygens (including phenoxy) is 1. The van der Waals surface area contributed by atoms with Crippen LogP contribution >= 0.6 is 0 Å². The maximum Gasteiger partial charge on any atom is 0.269 e. The largest absolute Gasteiger partial charge is 0.497 e. The summed E-state index contributed by atoms with van der Waals surface area (Å²) in [5.74, 6) is 0.902. The third-order valence-electron chi connectivity index (χ3n) is 4.96. The number of rotatable bonds is 6. The van der Waals surface area contributed by atoms with E-state index < -0.39 is 10.0 Å². The van der Waals surface area contributed by atoms with Gasteiger partial charge in [-0.2, -0.15) is 0 Å². The summed E-state index contributed by atoms with van der Waals surface area (Å²) < 4.78 is 34.3. The van der Waals surface area contributed by atoms with Gasteiger partial charge < -0.3 is 4.74 Å². The van der Waals surface area contributed by atoms with Crippen LogP contribution in [0.4, 0.5) is 0 Å². The van der Waals surface area contributed by atoms with Crippen LogP contribution in [0.25, 0.3) is 16.6 Å². The third kappa shape index (κ3) is 3.99. The van der Waals surface area contributed by atoms with E-state index in [2.05, 4.69) is 24.9 Å². The van der Waals surface area contributed by atoms with Crippen LogP contribution in [0.2, 0.25) is 0 Å². The molecule has 0 spiro atoms. The van der Waals surface area contributed by atoms with E-state index in [1.54, 1.807) is 43.6 Å². The zero-order chi connectivity index (χ0) is 22.0. The Morgan fingerprint density at radius 1 is 1.00 bits per heavy atom. The van der Waals surface area contributed by atoms with Crippen molar-refractivity contribution in [1.29, 1.82) is 0 Å². The Morgan fingerprint density at radius 2 is 1.77 bits per heavy atom. The number of allylic oxidation sites excluding steroid dienone is 1. The molecule has 0 amide bonds. The van der Waals surface area contributed by atoms with Crippen molar-refractivity contribution in [1.82, 2.24) is 8.96 Å². The smallest absolute Gasteiger partial charge is 0.269 e. The molecule has 0 saturated heterocycles. The standard InChI is InChI=1S/C25H24N2O3S/c1-18(2)15-23(19-9-7-11-21(16-19)30-3)24-17-20-10-8-14-26-25(20)27(24)31(28,29)22-12-5-4-6-13-22/h4-18H,1-3H3/b23-15+. The number of benzene rings is 2. The second kappa shape index (κ2) is 8.40. The molecule has 2 aromatic carbocycles. The molecule has 2 heterocycles. The van der Waals surface area contributed by atoms with Gasteiger partial charge >= 0.3 is 0 Å². The molecule has 0 saturated carbocycles. The minimum Gasteiger partial charge on any atom is -0.497 e. The summed E-state index contributed by atoms with van der Waals surface area (Å²) in [5.41, 5.74) is 2.66. The lowest BCUT2D eigenvalue weighted by molar-refractivity contribution is 0.414. The van der Waals surface area contributed by atoms with E-state index in [-0.39, 0.29) is 10.8 Å². The third-order valence-corrected chi connectivity index (χ3v) is 6.68. The molecule has 31 heavy (non-hydrogen) atoms. The Kier molecular flexibility index (Phi) is 5.65. The Balaban J connectivity index is 2.06. The maximum absolute atomic E-state index is 13.7. The fourth-order valence-electron chi connectivity index (χ4n) is 3.59. The number of methoxy groups -OCH3 is 1. The van der Waals surface area contributed by atoms with Crippen molar-refractivity contribution < 1.29 is 13.2 Å². The molecular formula is C25H24N2O3S. The van der Waals surface area contributed by atoms with Gasteiger partial charge in [-0.15, -0.1) is 0 Å². The van der Waals surface area contributed by atoms with Crippen molar-refractivity contribution in [3.05, 3.63) is 96.3 Å². The average Bonchev–Trinajstić information content (AvgIpc) is 3.18. The minimum atomic E-state index is -3.88. The summed E-state index contributed by atoms with van der Waals surface area (Å²) in [5, 5.41) is 0.759. The molecule has 0 fully saturated rings. The highest BCUT2D eigenvalue weighted by Crippen LogP contribution is 2.34. The monoisotopic (exact) mass is 432 g/mol. The predicted molar refractivity (Wildman–Crippen MR) is 124 cm³/mol. The van der Waals surface area contributed by atoms with E-state index in [0.717, 1.165) is 16.5 Å². The van der Waals surface area contributed by atoms with Crippen molar-refractivity contribution in [2.75, 3.05) is 7.11 Å². The van der Waals surface area contributed by atoms with Gasteiger partial charge in [-0.3, -0.25) is 0 Å². The second-order valence-corrected chi connectivity index (χ2v) is 9.37. The molecule has 4 rings (SSSR count). The minimum absolute atomic E-state index is 0.194.